The minimum Gasteiger partial charge on any atom is -0.408 e. The normalized spacial score (nSPS) is 10.7. The van der Waals surface area contributed by atoms with Gasteiger partial charge in [-0.05, 0) is 25.1 Å². The Hall–Kier alpha value is -2.24. The van der Waals surface area contributed by atoms with Crippen LogP contribution in [-0.2, 0) is 11.3 Å². The standard InChI is InChI=1S/C12H15N3O3/c1-2-14-11(16)5-6-15-9-7-8(13)3-4-10(9)18-12(15)17/h3-4,7H,2,5-6,13H2,1H3,(H,14,16). The molecule has 0 aliphatic carbocycles. The fraction of sp³-hybridized carbons (Fsp3) is 0.333. The van der Waals surface area contributed by atoms with Gasteiger partial charge in [0.1, 0.15) is 0 Å². The molecular formula is C12H15N3O3. The molecule has 96 valence electrons. The number of oxazole rings is 1. The second-order valence-corrected chi connectivity index (χ2v) is 3.95. The van der Waals surface area contributed by atoms with E-state index in [0.717, 1.165) is 0 Å². The minimum atomic E-state index is -0.472. The van der Waals surface area contributed by atoms with Gasteiger partial charge in [-0.1, -0.05) is 0 Å². The number of nitrogens with one attached hydrogen (secondary N) is 1. The van der Waals surface area contributed by atoms with Crippen LogP contribution < -0.4 is 16.8 Å². The lowest BCUT2D eigenvalue weighted by Gasteiger charge is -2.03. The van der Waals surface area contributed by atoms with Crippen LogP contribution in [0.1, 0.15) is 13.3 Å². The van der Waals surface area contributed by atoms with Gasteiger partial charge in [0.25, 0.3) is 0 Å². The van der Waals surface area contributed by atoms with Crippen molar-refractivity contribution in [1.82, 2.24) is 9.88 Å². The number of aryl methyl sites for hydroxylation is 1. The first-order valence-corrected chi connectivity index (χ1v) is 5.77. The molecule has 18 heavy (non-hydrogen) atoms. The van der Waals surface area contributed by atoms with Crippen molar-refractivity contribution >= 4 is 22.7 Å². The third-order valence-corrected chi connectivity index (χ3v) is 2.63. The number of nitrogen functional groups attached to an aromatic ring is 1. The van der Waals surface area contributed by atoms with E-state index < -0.39 is 5.76 Å². The third kappa shape index (κ3) is 2.37. The van der Waals surface area contributed by atoms with Gasteiger partial charge >= 0.3 is 5.76 Å². The van der Waals surface area contributed by atoms with Crippen molar-refractivity contribution in [2.24, 2.45) is 0 Å². The van der Waals surface area contributed by atoms with Gasteiger partial charge in [0.2, 0.25) is 5.91 Å². The van der Waals surface area contributed by atoms with Crippen LogP contribution in [0.15, 0.2) is 27.4 Å². The van der Waals surface area contributed by atoms with Crippen LogP contribution in [-0.4, -0.2) is 17.0 Å². The van der Waals surface area contributed by atoms with Crippen LogP contribution in [0, 0.1) is 0 Å². The molecule has 6 heteroatoms. The highest BCUT2D eigenvalue weighted by atomic mass is 16.4. The van der Waals surface area contributed by atoms with Crippen molar-refractivity contribution in [1.29, 1.82) is 0 Å². The Balaban J connectivity index is 2.27. The number of anilines is 1. The SMILES string of the molecule is CCNC(=O)CCn1c(=O)oc2ccc(N)cc21. The third-order valence-electron chi connectivity index (χ3n) is 2.63. The monoisotopic (exact) mass is 249 g/mol. The fourth-order valence-corrected chi connectivity index (χ4v) is 1.79. The van der Waals surface area contributed by atoms with Gasteiger partial charge in [0, 0.05) is 25.2 Å². The summed E-state index contributed by atoms with van der Waals surface area (Å²) in [7, 11) is 0. The summed E-state index contributed by atoms with van der Waals surface area (Å²) in [4.78, 5) is 23.0. The molecule has 1 amide bonds. The van der Waals surface area contributed by atoms with E-state index in [4.69, 9.17) is 10.2 Å². The van der Waals surface area contributed by atoms with E-state index in [1.807, 2.05) is 6.92 Å². The van der Waals surface area contributed by atoms with Crippen LogP contribution in [0.5, 0.6) is 0 Å². The smallest absolute Gasteiger partial charge is 0.408 e. The molecular weight excluding hydrogens is 234 g/mol. The van der Waals surface area contributed by atoms with Gasteiger partial charge in [0.05, 0.1) is 5.52 Å². The predicted octanol–water partition coefficient (Wildman–Crippen LogP) is 0.703. The molecule has 0 aliphatic heterocycles. The summed E-state index contributed by atoms with van der Waals surface area (Å²) in [5, 5.41) is 2.68. The molecule has 2 rings (SSSR count). The van der Waals surface area contributed by atoms with E-state index >= 15 is 0 Å². The van der Waals surface area contributed by atoms with Gasteiger partial charge in [-0.2, -0.15) is 0 Å². The lowest BCUT2D eigenvalue weighted by molar-refractivity contribution is -0.121. The molecule has 3 N–H and O–H groups in total. The van der Waals surface area contributed by atoms with Crippen molar-refractivity contribution in [2.75, 3.05) is 12.3 Å². The lowest BCUT2D eigenvalue weighted by Crippen LogP contribution is -2.25. The molecule has 0 aliphatic rings. The molecule has 0 radical (unpaired) electrons. The Morgan fingerprint density at radius 1 is 1.50 bits per heavy atom. The van der Waals surface area contributed by atoms with Gasteiger partial charge in [0.15, 0.2) is 5.58 Å². The minimum absolute atomic E-state index is 0.0948. The number of nitrogens with two attached hydrogens (primary N) is 1. The number of amides is 1. The highest BCUT2D eigenvalue weighted by Gasteiger charge is 2.10. The zero-order chi connectivity index (χ0) is 13.1. The number of fused-ring (bicyclic) bond motifs is 1. The molecule has 1 aromatic carbocycles. The summed E-state index contributed by atoms with van der Waals surface area (Å²) in [5.41, 5.74) is 7.31. The second kappa shape index (κ2) is 4.95. The van der Waals surface area contributed by atoms with Gasteiger partial charge in [-0.15, -0.1) is 0 Å². The van der Waals surface area contributed by atoms with Gasteiger partial charge in [-0.3, -0.25) is 9.36 Å². The maximum atomic E-state index is 11.6. The van der Waals surface area contributed by atoms with Crippen LogP contribution in [0.4, 0.5) is 5.69 Å². The van der Waals surface area contributed by atoms with Gasteiger partial charge in [-0.25, -0.2) is 4.79 Å². The largest absolute Gasteiger partial charge is 0.419 e. The molecule has 1 heterocycles. The topological polar surface area (TPSA) is 90.3 Å². The van der Waals surface area contributed by atoms with E-state index in [1.54, 1.807) is 18.2 Å². The molecule has 0 atom stereocenters. The van der Waals surface area contributed by atoms with Crippen molar-refractivity contribution in [2.45, 2.75) is 19.9 Å². The van der Waals surface area contributed by atoms with E-state index in [0.29, 0.717) is 23.3 Å². The maximum Gasteiger partial charge on any atom is 0.419 e. The summed E-state index contributed by atoms with van der Waals surface area (Å²) < 4.78 is 6.48. The van der Waals surface area contributed by atoms with Crippen LogP contribution in [0.2, 0.25) is 0 Å². The lowest BCUT2D eigenvalue weighted by atomic mass is 10.3. The molecule has 0 bridgehead atoms. The maximum absolute atomic E-state index is 11.6. The highest BCUT2D eigenvalue weighted by Crippen LogP contribution is 2.16. The number of nitrogens with zero attached hydrogens (tertiary/aromatic N) is 1. The molecule has 0 unspecified atom stereocenters. The van der Waals surface area contributed by atoms with Crippen molar-refractivity contribution in [3.05, 3.63) is 28.7 Å². The first-order valence-electron chi connectivity index (χ1n) is 5.77. The van der Waals surface area contributed by atoms with Crippen LogP contribution in [0.25, 0.3) is 11.1 Å². The van der Waals surface area contributed by atoms with Gasteiger partial charge < -0.3 is 15.5 Å². The Labute approximate surface area is 103 Å². The number of carbonyl (C=O) groups is 1. The van der Waals surface area contributed by atoms with Crippen LogP contribution >= 0.6 is 0 Å². The number of rotatable bonds is 4. The Bertz CT molecular complexity index is 627. The molecule has 2 aromatic rings. The van der Waals surface area contributed by atoms with E-state index in [1.165, 1.54) is 4.57 Å². The Morgan fingerprint density at radius 3 is 3.00 bits per heavy atom. The number of aromatic nitrogens is 1. The average Bonchev–Trinajstić information content (AvgIpc) is 2.62. The molecule has 0 saturated carbocycles. The van der Waals surface area contributed by atoms with Crippen molar-refractivity contribution < 1.29 is 9.21 Å². The molecule has 6 nitrogen and oxygen atoms in total. The Kier molecular flexibility index (Phi) is 3.36. The Morgan fingerprint density at radius 2 is 2.28 bits per heavy atom. The zero-order valence-electron chi connectivity index (χ0n) is 10.1. The summed E-state index contributed by atoms with van der Waals surface area (Å²) in [6, 6.07) is 4.98. The zero-order valence-corrected chi connectivity index (χ0v) is 10.1. The average molecular weight is 249 g/mol. The van der Waals surface area contributed by atoms with E-state index in [2.05, 4.69) is 5.32 Å². The fourth-order valence-electron chi connectivity index (χ4n) is 1.79. The van der Waals surface area contributed by atoms with Crippen molar-refractivity contribution in [3.63, 3.8) is 0 Å². The van der Waals surface area contributed by atoms with Crippen LogP contribution in [0.3, 0.4) is 0 Å². The first-order chi connectivity index (χ1) is 8.61. The summed E-state index contributed by atoms with van der Waals surface area (Å²) in [6.45, 7) is 2.70. The second-order valence-electron chi connectivity index (χ2n) is 3.95. The first kappa shape index (κ1) is 12.2. The van der Waals surface area contributed by atoms with Crippen molar-refractivity contribution in [3.8, 4) is 0 Å². The summed E-state index contributed by atoms with van der Waals surface area (Å²) in [5.74, 6) is -0.567. The van der Waals surface area contributed by atoms with E-state index in [-0.39, 0.29) is 18.9 Å². The molecule has 0 spiro atoms. The number of benzene rings is 1. The molecule has 0 fully saturated rings. The highest BCUT2D eigenvalue weighted by molar-refractivity contribution is 5.78. The molecule has 1 aromatic heterocycles. The summed E-state index contributed by atoms with van der Waals surface area (Å²) in [6.07, 6.45) is 0.233. The quantitative estimate of drug-likeness (QED) is 0.780. The van der Waals surface area contributed by atoms with E-state index in [9.17, 15) is 9.59 Å². The predicted molar refractivity (Wildman–Crippen MR) is 68.2 cm³/mol. The number of carbonyl (C=O) groups excluding carboxylic acids is 1. The number of hydrogen-bond donors (Lipinski definition) is 2. The number of hydrogen-bond acceptors (Lipinski definition) is 4. The summed E-state index contributed by atoms with van der Waals surface area (Å²) >= 11 is 0. The molecule has 0 saturated heterocycles.